The smallest absolute Gasteiger partial charge is 0.407 e. The van der Waals surface area contributed by atoms with Crippen LogP contribution >= 0.6 is 0 Å². The van der Waals surface area contributed by atoms with Crippen LogP contribution in [0.4, 0.5) is 15.1 Å². The lowest BCUT2D eigenvalue weighted by molar-refractivity contribution is 0.0531. The van der Waals surface area contributed by atoms with Crippen LogP contribution in [0.3, 0.4) is 0 Å². The summed E-state index contributed by atoms with van der Waals surface area (Å²) >= 11 is 0. The van der Waals surface area contributed by atoms with E-state index in [1.807, 2.05) is 12.1 Å². The van der Waals surface area contributed by atoms with Crippen LogP contribution in [0.1, 0.15) is 33.6 Å². The molecule has 3 rings (SSSR count). The summed E-state index contributed by atoms with van der Waals surface area (Å²) in [4.78, 5) is 16.5. The zero-order valence-electron chi connectivity index (χ0n) is 22.8. The molecule has 1 aliphatic carbocycles. The number of benzene rings is 1. The van der Waals surface area contributed by atoms with Crippen LogP contribution in [0.15, 0.2) is 36.2 Å². The van der Waals surface area contributed by atoms with Crippen LogP contribution in [0, 0.1) is 0 Å². The molecule has 1 amide bonds. The van der Waals surface area contributed by atoms with Crippen LogP contribution in [-0.4, -0.2) is 60.3 Å². The van der Waals surface area contributed by atoms with E-state index in [0.717, 1.165) is 24.4 Å². The number of nitrogens with one attached hydrogen (secondary N) is 2. The number of anilines is 1. The first-order chi connectivity index (χ1) is 17.4. The first-order valence-electron chi connectivity index (χ1n) is 12.7. The molecule has 2 N–H and O–H groups in total. The molecule has 1 aliphatic rings. The fourth-order valence-corrected chi connectivity index (χ4v) is 3.85. The Morgan fingerprint density at radius 1 is 1.22 bits per heavy atom. The van der Waals surface area contributed by atoms with Crippen molar-refractivity contribution in [2.45, 2.75) is 77.7 Å². The van der Waals surface area contributed by atoms with E-state index in [9.17, 15) is 9.18 Å². The quantitative estimate of drug-likeness (QED) is 0.256. The molecule has 0 bridgehead atoms. The maximum absolute atomic E-state index is 13.3. The van der Waals surface area contributed by atoms with Crippen molar-refractivity contribution in [1.82, 2.24) is 20.1 Å². The van der Waals surface area contributed by atoms with Crippen molar-refractivity contribution in [2.24, 2.45) is 0 Å². The topological polar surface area (TPSA) is 99.5 Å². The lowest BCUT2D eigenvalue weighted by Gasteiger charge is -2.20. The minimum Gasteiger partial charge on any atom is -0.489 e. The third-order valence-corrected chi connectivity index (χ3v) is 7.05. The second kappa shape index (κ2) is 12.5. The Bertz CT molecular complexity index is 1060. The molecule has 1 heterocycles. The summed E-state index contributed by atoms with van der Waals surface area (Å²) < 4.78 is 31.8. The summed E-state index contributed by atoms with van der Waals surface area (Å²) in [5.41, 5.74) is 0.488. The summed E-state index contributed by atoms with van der Waals surface area (Å²) in [6, 6.07) is 8.82. The molecular weight excluding hydrogens is 493 g/mol. The molecule has 0 aliphatic heterocycles. The Kier molecular flexibility index (Phi) is 9.72. The van der Waals surface area contributed by atoms with E-state index in [2.05, 4.69) is 40.4 Å². The molecule has 0 spiro atoms. The van der Waals surface area contributed by atoms with Gasteiger partial charge in [0.2, 0.25) is 5.95 Å². The number of ether oxygens (including phenoxy) is 3. The van der Waals surface area contributed by atoms with Crippen molar-refractivity contribution in [3.8, 4) is 17.1 Å². The number of rotatable bonds is 13. The highest BCUT2D eigenvalue weighted by atomic mass is 28.3. The van der Waals surface area contributed by atoms with Gasteiger partial charge >= 0.3 is 6.09 Å². The van der Waals surface area contributed by atoms with E-state index in [1.54, 1.807) is 37.6 Å². The Labute approximate surface area is 219 Å². The van der Waals surface area contributed by atoms with Gasteiger partial charge in [-0.2, -0.15) is 4.98 Å². The average molecular weight is 534 g/mol. The van der Waals surface area contributed by atoms with Crippen molar-refractivity contribution in [3.63, 3.8) is 0 Å². The SMILES string of the molecule is CC(C)(C)OC(=O)NC/C(=C\F)COc1ccc(-c2nc(NC3CC3)n(COCC[Si](C)(C)C)n2)cc1. The zero-order chi connectivity index (χ0) is 27.1. The van der Waals surface area contributed by atoms with Gasteiger partial charge in [0.15, 0.2) is 5.82 Å². The highest BCUT2D eigenvalue weighted by molar-refractivity contribution is 6.76. The van der Waals surface area contributed by atoms with Gasteiger partial charge in [-0.3, -0.25) is 0 Å². The number of hydrogen-bond donors (Lipinski definition) is 2. The lowest BCUT2D eigenvalue weighted by atomic mass is 10.2. The van der Waals surface area contributed by atoms with Gasteiger partial charge in [-0.15, -0.1) is 5.10 Å². The van der Waals surface area contributed by atoms with Crippen molar-refractivity contribution in [1.29, 1.82) is 0 Å². The highest BCUT2D eigenvalue weighted by Gasteiger charge is 2.24. The monoisotopic (exact) mass is 533 g/mol. The number of alkyl carbamates (subject to hydrolysis) is 1. The second-order valence-electron chi connectivity index (χ2n) is 11.5. The van der Waals surface area contributed by atoms with Crippen LogP contribution in [0.2, 0.25) is 25.7 Å². The predicted octanol–water partition coefficient (Wildman–Crippen LogP) is 5.59. The lowest BCUT2D eigenvalue weighted by Crippen LogP contribution is -2.34. The van der Waals surface area contributed by atoms with Gasteiger partial charge in [0, 0.05) is 38.4 Å². The highest BCUT2D eigenvalue weighted by Crippen LogP contribution is 2.26. The van der Waals surface area contributed by atoms with Crippen LogP contribution in [0.5, 0.6) is 5.75 Å². The number of amides is 1. The van der Waals surface area contributed by atoms with Gasteiger partial charge in [-0.05, 0) is 63.9 Å². The Hall–Kier alpha value is -2.92. The Balaban J connectivity index is 1.55. The second-order valence-corrected chi connectivity index (χ2v) is 17.1. The number of carbonyl (C=O) groups is 1. The maximum Gasteiger partial charge on any atom is 0.407 e. The minimum atomic E-state index is -1.16. The normalized spacial score (nSPS) is 14.4. The fraction of sp³-hybridized carbons (Fsp3) is 0.577. The summed E-state index contributed by atoms with van der Waals surface area (Å²) in [7, 11) is -1.16. The minimum absolute atomic E-state index is 0.0112. The molecular formula is C26H40FN5O4Si. The molecule has 0 saturated heterocycles. The standard InChI is InChI=1S/C26H40FN5O4Si/c1-26(2,3)36-25(33)28-16-19(15-27)17-35-22-11-7-20(8-12-22)23-30-24(29-21-9-10-21)32(31-23)18-34-13-14-37(4,5)6/h7-8,11-12,15,21H,9-10,13-14,16-18H2,1-6H3,(H,28,33)(H,29,30,31)/b19-15+. The Morgan fingerprint density at radius 2 is 1.92 bits per heavy atom. The van der Waals surface area contributed by atoms with E-state index in [0.29, 0.717) is 43.2 Å². The number of halogens is 1. The van der Waals surface area contributed by atoms with E-state index >= 15 is 0 Å². The number of hydrogen-bond acceptors (Lipinski definition) is 7. The third kappa shape index (κ3) is 10.5. The maximum atomic E-state index is 13.3. The van der Waals surface area contributed by atoms with Gasteiger partial charge in [-0.25, -0.2) is 13.9 Å². The first-order valence-corrected chi connectivity index (χ1v) is 16.4. The van der Waals surface area contributed by atoms with E-state index in [4.69, 9.17) is 14.2 Å². The average Bonchev–Trinajstić information content (AvgIpc) is 3.53. The molecule has 1 aromatic carbocycles. The van der Waals surface area contributed by atoms with Gasteiger partial charge in [-0.1, -0.05) is 19.6 Å². The van der Waals surface area contributed by atoms with E-state index in [1.165, 1.54) is 0 Å². The molecule has 1 fully saturated rings. The fourth-order valence-electron chi connectivity index (χ4n) is 3.10. The number of carbonyl (C=O) groups excluding carboxylic acids is 1. The molecule has 11 heteroatoms. The van der Waals surface area contributed by atoms with Crippen molar-refractivity contribution in [2.75, 3.05) is 25.1 Å². The summed E-state index contributed by atoms with van der Waals surface area (Å²) in [6.45, 7) is 13.3. The van der Waals surface area contributed by atoms with Crippen LogP contribution < -0.4 is 15.4 Å². The Morgan fingerprint density at radius 3 is 2.51 bits per heavy atom. The third-order valence-electron chi connectivity index (χ3n) is 5.34. The number of nitrogens with zero attached hydrogens (tertiary/aromatic N) is 3. The summed E-state index contributed by atoms with van der Waals surface area (Å²) in [6.07, 6.45) is 2.09. The van der Waals surface area contributed by atoms with Gasteiger partial charge in [0.25, 0.3) is 0 Å². The van der Waals surface area contributed by atoms with Crippen LogP contribution in [-0.2, 0) is 16.2 Å². The molecule has 37 heavy (non-hydrogen) atoms. The summed E-state index contributed by atoms with van der Waals surface area (Å²) in [5.74, 6) is 1.86. The van der Waals surface area contributed by atoms with Gasteiger partial charge in [0.1, 0.15) is 24.7 Å². The van der Waals surface area contributed by atoms with E-state index in [-0.39, 0.29) is 18.7 Å². The van der Waals surface area contributed by atoms with Crippen molar-refractivity contribution in [3.05, 3.63) is 36.2 Å². The van der Waals surface area contributed by atoms with Crippen LogP contribution in [0.25, 0.3) is 11.4 Å². The van der Waals surface area contributed by atoms with E-state index < -0.39 is 19.8 Å². The predicted molar refractivity (Wildman–Crippen MR) is 145 cm³/mol. The van der Waals surface area contributed by atoms with Gasteiger partial charge < -0.3 is 24.8 Å². The molecule has 204 valence electrons. The van der Waals surface area contributed by atoms with Gasteiger partial charge in [0.05, 0.1) is 6.33 Å². The molecule has 1 saturated carbocycles. The molecule has 0 unspecified atom stereocenters. The molecule has 0 atom stereocenters. The molecule has 0 radical (unpaired) electrons. The van der Waals surface area contributed by atoms with Crippen molar-refractivity contribution < 1.29 is 23.4 Å². The molecule has 2 aromatic rings. The van der Waals surface area contributed by atoms with Crippen molar-refractivity contribution >= 4 is 20.1 Å². The molecule has 9 nitrogen and oxygen atoms in total. The summed E-state index contributed by atoms with van der Waals surface area (Å²) in [5, 5.41) is 10.6. The number of aromatic nitrogens is 3. The molecule has 1 aromatic heterocycles. The first kappa shape index (κ1) is 28.6. The largest absolute Gasteiger partial charge is 0.489 e. The zero-order valence-corrected chi connectivity index (χ0v) is 23.8.